The van der Waals surface area contributed by atoms with Crippen molar-refractivity contribution in [1.82, 2.24) is 19.8 Å². The Bertz CT molecular complexity index is 851. The third kappa shape index (κ3) is 4.72. The first kappa shape index (κ1) is 17.7. The molecular weight excluding hydrogens is 338 g/mol. The molecule has 1 fully saturated rings. The predicted octanol–water partition coefficient (Wildman–Crippen LogP) is 2.36. The van der Waals surface area contributed by atoms with Gasteiger partial charge in [-0.25, -0.2) is 4.98 Å². The molecule has 2 aromatic carbocycles. The maximum atomic E-state index is 12.3. The molecule has 2 N–H and O–H groups in total. The largest absolute Gasteiger partial charge is 0.324 e. The number of benzene rings is 2. The molecule has 0 radical (unpaired) electrons. The summed E-state index contributed by atoms with van der Waals surface area (Å²) in [6.45, 7) is 5.33. The average Bonchev–Trinajstić information content (AvgIpc) is 3.10. The fourth-order valence-corrected chi connectivity index (χ4v) is 3.49. The van der Waals surface area contributed by atoms with Crippen molar-refractivity contribution >= 4 is 22.9 Å². The number of aromatic nitrogens is 2. The summed E-state index contributed by atoms with van der Waals surface area (Å²) in [5, 5.41) is 2.88. The van der Waals surface area contributed by atoms with Crippen LogP contribution >= 0.6 is 0 Å². The highest BCUT2D eigenvalue weighted by molar-refractivity contribution is 5.92. The number of rotatable bonds is 6. The monoisotopic (exact) mass is 363 g/mol. The average molecular weight is 363 g/mol. The molecule has 0 unspecified atom stereocenters. The Morgan fingerprint density at radius 2 is 1.67 bits per heavy atom. The fraction of sp³-hybridized carbons (Fsp3) is 0.333. The molecule has 2 heterocycles. The Kier molecular flexibility index (Phi) is 5.46. The molecule has 0 bridgehead atoms. The van der Waals surface area contributed by atoms with Crippen molar-refractivity contribution in [3.8, 4) is 0 Å². The SMILES string of the molecule is O=C(CN1CCN(CCc2ccccc2)CC1)Nc1nc2ccccc2[nH]1. The van der Waals surface area contributed by atoms with Crippen LogP contribution in [0, 0.1) is 0 Å². The molecule has 6 nitrogen and oxygen atoms in total. The van der Waals surface area contributed by atoms with Crippen LogP contribution in [0.2, 0.25) is 0 Å². The molecule has 3 aromatic rings. The molecule has 1 saturated heterocycles. The van der Waals surface area contributed by atoms with Gasteiger partial charge >= 0.3 is 0 Å². The number of carbonyl (C=O) groups is 1. The summed E-state index contributed by atoms with van der Waals surface area (Å²) in [5.74, 6) is 0.495. The predicted molar refractivity (Wildman–Crippen MR) is 108 cm³/mol. The first-order valence-corrected chi connectivity index (χ1v) is 9.49. The molecule has 4 rings (SSSR count). The van der Waals surface area contributed by atoms with Crippen LogP contribution in [0.15, 0.2) is 54.6 Å². The van der Waals surface area contributed by atoms with Gasteiger partial charge in [0, 0.05) is 32.7 Å². The Balaban J connectivity index is 1.21. The topological polar surface area (TPSA) is 64.3 Å². The first-order chi connectivity index (χ1) is 13.3. The van der Waals surface area contributed by atoms with E-state index >= 15 is 0 Å². The van der Waals surface area contributed by atoms with Gasteiger partial charge in [0.05, 0.1) is 17.6 Å². The molecule has 1 aliphatic rings. The molecule has 1 aromatic heterocycles. The number of H-pyrrole nitrogens is 1. The van der Waals surface area contributed by atoms with Crippen LogP contribution in [0.4, 0.5) is 5.95 Å². The Morgan fingerprint density at radius 1 is 0.963 bits per heavy atom. The summed E-state index contributed by atoms with van der Waals surface area (Å²) in [5.41, 5.74) is 3.17. The second kappa shape index (κ2) is 8.33. The number of anilines is 1. The molecule has 0 spiro atoms. The van der Waals surface area contributed by atoms with Gasteiger partial charge in [0.25, 0.3) is 0 Å². The van der Waals surface area contributed by atoms with Crippen LogP contribution in [-0.2, 0) is 11.2 Å². The van der Waals surface area contributed by atoms with Gasteiger partial charge in [-0.2, -0.15) is 0 Å². The Labute approximate surface area is 159 Å². The van der Waals surface area contributed by atoms with Crippen LogP contribution in [-0.4, -0.2) is 64.9 Å². The van der Waals surface area contributed by atoms with Crippen molar-refractivity contribution in [2.75, 3.05) is 44.6 Å². The van der Waals surface area contributed by atoms with Crippen molar-refractivity contribution in [1.29, 1.82) is 0 Å². The van der Waals surface area contributed by atoms with E-state index in [-0.39, 0.29) is 5.91 Å². The molecule has 140 valence electrons. The second-order valence-electron chi connectivity index (χ2n) is 7.00. The second-order valence-corrected chi connectivity index (χ2v) is 7.00. The molecule has 6 heteroatoms. The molecular formula is C21H25N5O. The highest BCUT2D eigenvalue weighted by Crippen LogP contribution is 2.13. The van der Waals surface area contributed by atoms with Gasteiger partial charge in [-0.3, -0.25) is 15.0 Å². The van der Waals surface area contributed by atoms with E-state index in [1.165, 1.54) is 5.56 Å². The van der Waals surface area contributed by atoms with E-state index < -0.39 is 0 Å². The van der Waals surface area contributed by atoms with E-state index in [1.54, 1.807) is 0 Å². The number of nitrogens with one attached hydrogen (secondary N) is 2. The van der Waals surface area contributed by atoms with E-state index in [9.17, 15) is 4.79 Å². The van der Waals surface area contributed by atoms with Crippen LogP contribution in [0.3, 0.4) is 0 Å². The minimum Gasteiger partial charge on any atom is -0.324 e. The van der Waals surface area contributed by atoms with Crippen LogP contribution in [0.1, 0.15) is 5.56 Å². The molecule has 1 amide bonds. The number of hydrogen-bond donors (Lipinski definition) is 2. The van der Waals surface area contributed by atoms with Gasteiger partial charge < -0.3 is 9.88 Å². The van der Waals surface area contributed by atoms with E-state index in [0.717, 1.165) is 50.2 Å². The minimum absolute atomic E-state index is 0.0215. The highest BCUT2D eigenvalue weighted by atomic mass is 16.2. The zero-order valence-corrected chi connectivity index (χ0v) is 15.4. The summed E-state index contributed by atoms with van der Waals surface area (Å²) in [6, 6.07) is 18.4. The number of aromatic amines is 1. The maximum absolute atomic E-state index is 12.3. The molecule has 27 heavy (non-hydrogen) atoms. The lowest BCUT2D eigenvalue weighted by Crippen LogP contribution is -2.49. The quantitative estimate of drug-likeness (QED) is 0.706. The minimum atomic E-state index is -0.0215. The third-order valence-electron chi connectivity index (χ3n) is 5.04. The third-order valence-corrected chi connectivity index (χ3v) is 5.04. The van der Waals surface area contributed by atoms with Crippen molar-refractivity contribution < 1.29 is 4.79 Å². The van der Waals surface area contributed by atoms with Crippen LogP contribution < -0.4 is 5.32 Å². The first-order valence-electron chi connectivity index (χ1n) is 9.49. The lowest BCUT2D eigenvalue weighted by molar-refractivity contribution is -0.117. The normalized spacial score (nSPS) is 15.9. The number of hydrogen-bond acceptors (Lipinski definition) is 4. The summed E-state index contributed by atoms with van der Waals surface area (Å²) >= 11 is 0. The van der Waals surface area contributed by atoms with E-state index in [4.69, 9.17) is 0 Å². The number of imidazole rings is 1. The van der Waals surface area contributed by atoms with Crippen LogP contribution in [0.5, 0.6) is 0 Å². The number of piperazine rings is 1. The molecule has 0 saturated carbocycles. The summed E-state index contributed by atoms with van der Waals surface area (Å²) in [6.07, 6.45) is 1.08. The highest BCUT2D eigenvalue weighted by Gasteiger charge is 2.19. The van der Waals surface area contributed by atoms with Crippen LogP contribution in [0.25, 0.3) is 11.0 Å². The van der Waals surface area contributed by atoms with E-state index in [1.807, 2.05) is 24.3 Å². The van der Waals surface area contributed by atoms with Gasteiger partial charge in [0.15, 0.2) is 0 Å². The lowest BCUT2D eigenvalue weighted by atomic mass is 10.1. The molecule has 0 atom stereocenters. The Hall–Kier alpha value is -2.70. The van der Waals surface area contributed by atoms with E-state index in [0.29, 0.717) is 12.5 Å². The maximum Gasteiger partial charge on any atom is 0.240 e. The van der Waals surface area contributed by atoms with Gasteiger partial charge in [0.2, 0.25) is 11.9 Å². The van der Waals surface area contributed by atoms with E-state index in [2.05, 4.69) is 55.4 Å². The summed E-state index contributed by atoms with van der Waals surface area (Å²) in [4.78, 5) is 24.5. The van der Waals surface area contributed by atoms with Crippen molar-refractivity contribution in [3.63, 3.8) is 0 Å². The van der Waals surface area contributed by atoms with Crippen molar-refractivity contribution in [3.05, 3.63) is 60.2 Å². The van der Waals surface area contributed by atoms with Crippen molar-refractivity contribution in [2.24, 2.45) is 0 Å². The zero-order chi connectivity index (χ0) is 18.5. The number of carbonyl (C=O) groups excluding carboxylic acids is 1. The zero-order valence-electron chi connectivity index (χ0n) is 15.4. The standard InChI is InChI=1S/C21H25N5O/c27-20(24-21-22-18-8-4-5-9-19(18)23-21)16-26-14-12-25(13-15-26)11-10-17-6-2-1-3-7-17/h1-9H,10-16H2,(H2,22,23,24,27). The number of nitrogens with zero attached hydrogens (tertiary/aromatic N) is 3. The van der Waals surface area contributed by atoms with Gasteiger partial charge in [0.1, 0.15) is 0 Å². The Morgan fingerprint density at radius 3 is 2.44 bits per heavy atom. The number of fused-ring (bicyclic) bond motifs is 1. The van der Waals surface area contributed by atoms with Gasteiger partial charge in [-0.1, -0.05) is 42.5 Å². The molecule has 1 aliphatic heterocycles. The lowest BCUT2D eigenvalue weighted by Gasteiger charge is -2.34. The number of para-hydroxylation sites is 2. The van der Waals surface area contributed by atoms with Gasteiger partial charge in [-0.05, 0) is 24.1 Å². The summed E-state index contributed by atoms with van der Waals surface area (Å²) < 4.78 is 0. The fourth-order valence-electron chi connectivity index (χ4n) is 3.49. The number of amides is 1. The van der Waals surface area contributed by atoms with Gasteiger partial charge in [-0.15, -0.1) is 0 Å². The smallest absolute Gasteiger partial charge is 0.240 e. The molecule has 0 aliphatic carbocycles. The van der Waals surface area contributed by atoms with Crippen molar-refractivity contribution in [2.45, 2.75) is 6.42 Å². The summed E-state index contributed by atoms with van der Waals surface area (Å²) in [7, 11) is 0.